The average Bonchev–Trinajstić information content (AvgIpc) is 2.96. The van der Waals surface area contributed by atoms with Gasteiger partial charge in [0.05, 0.1) is 5.92 Å². The smallest absolute Gasteiger partial charge is 0.414 e. The first-order chi connectivity index (χ1) is 16.3. The molecule has 2 aliphatic carbocycles. The maximum Gasteiger partial charge on any atom is 0.414 e. The molecule has 1 aromatic heterocycles. The number of rotatable bonds is 2. The van der Waals surface area contributed by atoms with Gasteiger partial charge in [-0.3, -0.25) is 4.79 Å². The molecule has 3 N–H and O–H groups in total. The highest BCUT2D eigenvalue weighted by Gasteiger charge is 2.41. The number of likely N-dealkylation sites (N-methyl/N-ethyl adjacent to an activating group) is 1. The van der Waals surface area contributed by atoms with Crippen LogP contribution in [0.5, 0.6) is 0 Å². The van der Waals surface area contributed by atoms with E-state index in [1.54, 1.807) is 0 Å². The number of benzene rings is 1. The Labute approximate surface area is 199 Å². The number of nitrogens with one attached hydrogen (secondary N) is 1. The molecule has 1 saturated heterocycles. The Morgan fingerprint density at radius 3 is 2.32 bits per heavy atom. The Bertz CT molecular complexity index is 1060. The van der Waals surface area contributed by atoms with Crippen LogP contribution in [0.2, 0.25) is 0 Å². The van der Waals surface area contributed by atoms with Gasteiger partial charge < -0.3 is 25.0 Å². The van der Waals surface area contributed by atoms with E-state index in [1.165, 1.54) is 47.7 Å². The van der Waals surface area contributed by atoms with Crippen LogP contribution in [0.4, 0.5) is 0 Å². The number of aryl methyl sites for hydroxylation is 1. The second-order valence-corrected chi connectivity index (χ2v) is 10.1. The van der Waals surface area contributed by atoms with Crippen LogP contribution < -0.4 is 5.32 Å². The van der Waals surface area contributed by atoms with Crippen LogP contribution >= 0.6 is 0 Å². The van der Waals surface area contributed by atoms with Crippen LogP contribution in [-0.2, 0) is 27.9 Å². The lowest BCUT2D eigenvalue weighted by Crippen LogP contribution is -2.52. The van der Waals surface area contributed by atoms with Crippen LogP contribution in [0.25, 0.3) is 10.9 Å². The van der Waals surface area contributed by atoms with Gasteiger partial charge in [0, 0.05) is 48.7 Å². The first-order valence-corrected chi connectivity index (χ1v) is 12.3. The van der Waals surface area contributed by atoms with Gasteiger partial charge in [-0.1, -0.05) is 37.8 Å². The van der Waals surface area contributed by atoms with Crippen molar-refractivity contribution in [3.8, 4) is 0 Å². The molecule has 3 aliphatic rings. The van der Waals surface area contributed by atoms with E-state index in [1.807, 2.05) is 0 Å². The van der Waals surface area contributed by atoms with Crippen molar-refractivity contribution in [2.75, 3.05) is 13.6 Å². The Hall–Kier alpha value is -2.87. The fourth-order valence-electron chi connectivity index (χ4n) is 6.15. The van der Waals surface area contributed by atoms with Crippen LogP contribution in [0.3, 0.4) is 0 Å². The van der Waals surface area contributed by atoms with E-state index in [2.05, 4.69) is 53.3 Å². The Balaban J connectivity index is 0.000000408. The number of carbonyl (C=O) groups is 3. The number of carboxylic acids is 2. The zero-order chi connectivity index (χ0) is 24.4. The summed E-state index contributed by atoms with van der Waals surface area (Å²) in [6.45, 7) is 0.887. The average molecular weight is 470 g/mol. The molecule has 0 bridgehead atoms. The summed E-state index contributed by atoms with van der Waals surface area (Å²) in [7, 11) is 4.37. The van der Waals surface area contributed by atoms with Gasteiger partial charge in [-0.25, -0.2) is 9.59 Å². The molecule has 0 radical (unpaired) electrons. The molecule has 1 aliphatic heterocycles. The predicted molar refractivity (Wildman–Crippen MR) is 129 cm³/mol. The summed E-state index contributed by atoms with van der Waals surface area (Å²) in [4.78, 5) is 33.8. The van der Waals surface area contributed by atoms with E-state index in [0.717, 1.165) is 32.2 Å². The van der Waals surface area contributed by atoms with E-state index in [-0.39, 0.29) is 5.92 Å². The predicted octanol–water partition coefficient (Wildman–Crippen LogP) is 3.13. The summed E-state index contributed by atoms with van der Waals surface area (Å²) in [5, 5.41) is 19.7. The molecule has 1 amide bonds. The van der Waals surface area contributed by atoms with Gasteiger partial charge >= 0.3 is 11.9 Å². The van der Waals surface area contributed by atoms with Gasteiger partial charge in [0.15, 0.2) is 0 Å². The number of aromatic nitrogens is 1. The number of piperidine rings is 1. The summed E-state index contributed by atoms with van der Waals surface area (Å²) in [5.74, 6) is -2.79. The molecular formula is C26H35N3O5. The van der Waals surface area contributed by atoms with E-state index in [4.69, 9.17) is 19.8 Å². The van der Waals surface area contributed by atoms with Crippen molar-refractivity contribution in [2.45, 2.75) is 69.4 Å². The second kappa shape index (κ2) is 10.2. The number of fused-ring (bicyclic) bond motifs is 2. The monoisotopic (exact) mass is 469 g/mol. The molecule has 5 rings (SSSR count). The van der Waals surface area contributed by atoms with Gasteiger partial charge in [0.1, 0.15) is 0 Å². The van der Waals surface area contributed by atoms with Gasteiger partial charge in [0.2, 0.25) is 5.91 Å². The van der Waals surface area contributed by atoms with Gasteiger partial charge in [-0.2, -0.15) is 0 Å². The summed E-state index contributed by atoms with van der Waals surface area (Å²) in [6, 6.07) is 7.64. The zero-order valence-corrected chi connectivity index (χ0v) is 20.0. The molecule has 1 saturated carbocycles. The summed E-state index contributed by atoms with van der Waals surface area (Å²) in [6.07, 6.45) is 11.9. The maximum absolute atomic E-state index is 13.1. The number of hydrogen-bond donors (Lipinski definition) is 3. The lowest BCUT2D eigenvalue weighted by Gasteiger charge is -2.45. The highest BCUT2D eigenvalue weighted by molar-refractivity contribution is 6.27. The van der Waals surface area contributed by atoms with Crippen LogP contribution in [0.15, 0.2) is 24.4 Å². The molecule has 3 atom stereocenters. The second-order valence-electron chi connectivity index (χ2n) is 10.1. The molecule has 184 valence electrons. The summed E-state index contributed by atoms with van der Waals surface area (Å²) in [5.41, 5.74) is 4.27. The number of amides is 1. The molecule has 1 aromatic carbocycles. The molecule has 2 fully saturated rings. The Kier molecular flexibility index (Phi) is 7.26. The molecular weight excluding hydrogens is 434 g/mol. The molecule has 34 heavy (non-hydrogen) atoms. The first-order valence-electron chi connectivity index (χ1n) is 12.3. The van der Waals surface area contributed by atoms with Gasteiger partial charge in [0.25, 0.3) is 0 Å². The van der Waals surface area contributed by atoms with Crippen LogP contribution in [0, 0.1) is 5.92 Å². The molecule has 0 unspecified atom stereocenters. The quantitative estimate of drug-likeness (QED) is 0.460. The van der Waals surface area contributed by atoms with E-state index >= 15 is 0 Å². The zero-order valence-electron chi connectivity index (χ0n) is 20.0. The fraction of sp³-hybridized carbons (Fsp3) is 0.577. The molecule has 0 spiro atoms. The minimum absolute atomic E-state index is 0.107. The van der Waals surface area contributed by atoms with E-state index in [9.17, 15) is 4.79 Å². The van der Waals surface area contributed by atoms with Crippen LogP contribution in [0.1, 0.15) is 62.0 Å². The lowest BCUT2D eigenvalue weighted by atomic mass is 9.72. The van der Waals surface area contributed by atoms with Crippen molar-refractivity contribution >= 4 is 28.7 Å². The molecule has 2 heterocycles. The number of hydrogen-bond acceptors (Lipinski definition) is 4. The normalized spacial score (nSPS) is 24.9. The number of carbonyl (C=O) groups excluding carboxylic acids is 1. The highest BCUT2D eigenvalue weighted by atomic mass is 16.4. The van der Waals surface area contributed by atoms with Crippen molar-refractivity contribution < 1.29 is 24.6 Å². The summed E-state index contributed by atoms with van der Waals surface area (Å²) < 4.78 is 2.27. The third-order valence-electron chi connectivity index (χ3n) is 7.79. The van der Waals surface area contributed by atoms with Crippen molar-refractivity contribution in [1.29, 1.82) is 0 Å². The fourth-order valence-corrected chi connectivity index (χ4v) is 6.15. The van der Waals surface area contributed by atoms with Gasteiger partial charge in [-0.15, -0.1) is 0 Å². The van der Waals surface area contributed by atoms with Crippen molar-refractivity contribution in [3.63, 3.8) is 0 Å². The van der Waals surface area contributed by atoms with Crippen molar-refractivity contribution in [3.05, 3.63) is 35.5 Å². The standard InChI is InChI=1S/C24H33N3O.C2H2O4/c1-26-14-16-13-22-20(19-10-7-11-21(26)23(16)19)12-17(15-27(22)2)24(28)25-18-8-5-3-4-6-9-18;3-1(4)2(5)6/h7,10-11,14,17-18,20,22H,3-6,8-9,12-13,15H2,1-2H3,(H,25,28);(H,3,4)(H,5,6)/t17-,20-,22-;/m1./s1. The number of nitrogens with zero attached hydrogens (tertiary/aromatic N) is 2. The number of likely N-dealkylation sites (tertiary alicyclic amines) is 1. The molecule has 8 nitrogen and oxygen atoms in total. The van der Waals surface area contributed by atoms with Crippen molar-refractivity contribution in [2.24, 2.45) is 13.0 Å². The first kappa shape index (κ1) is 24.3. The SMILES string of the molecule is CN1C[C@H](C(=O)NC2CCCCCC2)C[C@@H]2c3cccc4c3c(cn4C)C[C@H]21.O=C(O)C(=O)O. The van der Waals surface area contributed by atoms with E-state index < -0.39 is 11.9 Å². The largest absolute Gasteiger partial charge is 0.473 e. The maximum atomic E-state index is 13.1. The third-order valence-corrected chi connectivity index (χ3v) is 7.79. The Morgan fingerprint density at radius 1 is 1.00 bits per heavy atom. The molecule has 2 aromatic rings. The Morgan fingerprint density at radius 2 is 1.68 bits per heavy atom. The number of aliphatic carboxylic acids is 2. The third kappa shape index (κ3) is 4.97. The summed E-state index contributed by atoms with van der Waals surface area (Å²) >= 11 is 0. The van der Waals surface area contributed by atoms with Crippen molar-refractivity contribution in [1.82, 2.24) is 14.8 Å². The topological polar surface area (TPSA) is 112 Å². The van der Waals surface area contributed by atoms with E-state index in [0.29, 0.717) is 23.9 Å². The highest BCUT2D eigenvalue weighted by Crippen LogP contribution is 2.44. The van der Waals surface area contributed by atoms with Gasteiger partial charge in [-0.05, 0) is 49.9 Å². The lowest BCUT2D eigenvalue weighted by molar-refractivity contribution is -0.159. The number of carboxylic acid groups (broad SMARTS) is 2. The minimum Gasteiger partial charge on any atom is -0.473 e. The minimum atomic E-state index is -1.82. The molecule has 8 heteroatoms. The van der Waals surface area contributed by atoms with Crippen LogP contribution in [-0.4, -0.2) is 63.2 Å².